The molecule has 1 unspecified atom stereocenters. The first-order chi connectivity index (χ1) is 13.5. The summed E-state index contributed by atoms with van der Waals surface area (Å²) >= 11 is 0. The highest BCUT2D eigenvalue weighted by atomic mass is 16.3. The van der Waals surface area contributed by atoms with Crippen molar-refractivity contribution in [3.05, 3.63) is 24.3 Å². The summed E-state index contributed by atoms with van der Waals surface area (Å²) in [7, 11) is 0. The third-order valence-corrected chi connectivity index (χ3v) is 7.89. The Morgan fingerprint density at radius 3 is 2.18 bits per heavy atom. The molecule has 5 heteroatoms. The molecule has 5 aliphatic rings. The van der Waals surface area contributed by atoms with E-state index in [9.17, 15) is 9.90 Å². The molecular formula is C23H33N3O2. The van der Waals surface area contributed by atoms with Crippen LogP contribution in [-0.2, 0) is 4.79 Å². The van der Waals surface area contributed by atoms with Crippen LogP contribution in [0.1, 0.15) is 45.4 Å². The van der Waals surface area contributed by atoms with Crippen LogP contribution in [0.15, 0.2) is 24.3 Å². The molecule has 4 saturated carbocycles. The standard InChI is InChI=1S/C23H33N3O2/c1-16(25-6-8-26(9-7-25)20-4-2-3-5-21(20)27)22(28)24-23-13-17-10-18(14-23)12-19(11-17)15-23/h2-5,16-19,27H,6-15H2,1H3,(H,24,28). The number of phenolic OH excluding ortho intramolecular Hbond substituents is 1. The molecule has 5 nitrogen and oxygen atoms in total. The van der Waals surface area contributed by atoms with Crippen molar-refractivity contribution in [1.82, 2.24) is 10.2 Å². The van der Waals surface area contributed by atoms with E-state index in [1.54, 1.807) is 6.07 Å². The van der Waals surface area contributed by atoms with E-state index >= 15 is 0 Å². The molecule has 0 aromatic heterocycles. The van der Waals surface area contributed by atoms with Gasteiger partial charge in [0, 0.05) is 31.7 Å². The number of nitrogens with zero attached hydrogens (tertiary/aromatic N) is 2. The number of aromatic hydroxyl groups is 1. The van der Waals surface area contributed by atoms with Gasteiger partial charge in [-0.2, -0.15) is 0 Å². The Labute approximate surface area is 168 Å². The molecule has 1 atom stereocenters. The third kappa shape index (κ3) is 3.28. The number of rotatable bonds is 4. The molecule has 4 aliphatic carbocycles. The molecule has 1 aliphatic heterocycles. The van der Waals surface area contributed by atoms with E-state index in [1.165, 1.54) is 38.5 Å². The van der Waals surface area contributed by atoms with Crippen molar-refractivity contribution >= 4 is 11.6 Å². The van der Waals surface area contributed by atoms with Gasteiger partial charge in [-0.15, -0.1) is 0 Å². The maximum absolute atomic E-state index is 13.1. The molecule has 152 valence electrons. The Hall–Kier alpha value is -1.75. The van der Waals surface area contributed by atoms with Gasteiger partial charge in [-0.05, 0) is 75.3 Å². The molecule has 1 aromatic carbocycles. The van der Waals surface area contributed by atoms with Crippen LogP contribution in [0, 0.1) is 17.8 Å². The van der Waals surface area contributed by atoms with Crippen LogP contribution in [0.3, 0.4) is 0 Å². The van der Waals surface area contributed by atoms with Crippen LogP contribution < -0.4 is 10.2 Å². The van der Waals surface area contributed by atoms with E-state index < -0.39 is 0 Å². The highest BCUT2D eigenvalue weighted by Gasteiger charge is 2.51. The van der Waals surface area contributed by atoms with Crippen molar-refractivity contribution in [3.63, 3.8) is 0 Å². The maximum atomic E-state index is 13.1. The van der Waals surface area contributed by atoms with Gasteiger partial charge in [-0.3, -0.25) is 9.69 Å². The lowest BCUT2D eigenvalue weighted by molar-refractivity contribution is -0.131. The SMILES string of the molecule is CC(C(=O)NC12CC3CC(CC(C3)C1)C2)N1CCN(c2ccccc2O)CC1. The largest absolute Gasteiger partial charge is 0.506 e. The van der Waals surface area contributed by atoms with Crippen molar-refractivity contribution in [2.24, 2.45) is 17.8 Å². The van der Waals surface area contributed by atoms with Crippen molar-refractivity contribution in [2.75, 3.05) is 31.1 Å². The smallest absolute Gasteiger partial charge is 0.237 e. The third-order valence-electron chi connectivity index (χ3n) is 7.89. The Bertz CT molecular complexity index is 706. The number of carbonyl (C=O) groups excluding carboxylic acids is 1. The van der Waals surface area contributed by atoms with Crippen LogP contribution in [0.2, 0.25) is 0 Å². The number of para-hydroxylation sites is 2. The van der Waals surface area contributed by atoms with Crippen molar-refractivity contribution in [2.45, 2.75) is 57.0 Å². The van der Waals surface area contributed by atoms with Crippen LogP contribution >= 0.6 is 0 Å². The topological polar surface area (TPSA) is 55.8 Å². The predicted molar refractivity (Wildman–Crippen MR) is 110 cm³/mol. The van der Waals surface area contributed by atoms with E-state index in [0.29, 0.717) is 5.75 Å². The minimum absolute atomic E-state index is 0.0838. The summed E-state index contributed by atoms with van der Waals surface area (Å²) in [4.78, 5) is 17.6. The fourth-order valence-electron chi connectivity index (χ4n) is 6.88. The average Bonchev–Trinajstić information content (AvgIpc) is 2.66. The zero-order valence-corrected chi connectivity index (χ0v) is 16.9. The Morgan fingerprint density at radius 1 is 1.04 bits per heavy atom. The van der Waals surface area contributed by atoms with E-state index in [4.69, 9.17) is 0 Å². The number of hydrogen-bond acceptors (Lipinski definition) is 4. The molecule has 4 bridgehead atoms. The zero-order chi connectivity index (χ0) is 19.3. The quantitative estimate of drug-likeness (QED) is 0.839. The monoisotopic (exact) mass is 383 g/mol. The molecule has 1 saturated heterocycles. The summed E-state index contributed by atoms with van der Waals surface area (Å²) in [5.74, 6) is 3.11. The number of anilines is 1. The Balaban J connectivity index is 1.19. The fourth-order valence-corrected chi connectivity index (χ4v) is 6.88. The summed E-state index contributed by atoms with van der Waals surface area (Å²) in [5, 5.41) is 13.6. The Kier molecular flexibility index (Phi) is 4.53. The number of amides is 1. The van der Waals surface area contributed by atoms with Gasteiger partial charge in [0.15, 0.2) is 0 Å². The van der Waals surface area contributed by atoms with Crippen LogP contribution in [0.4, 0.5) is 5.69 Å². The van der Waals surface area contributed by atoms with Gasteiger partial charge >= 0.3 is 0 Å². The first kappa shape index (κ1) is 18.3. The van der Waals surface area contributed by atoms with Gasteiger partial charge in [-0.25, -0.2) is 0 Å². The fraction of sp³-hybridized carbons (Fsp3) is 0.696. The Morgan fingerprint density at radius 2 is 1.61 bits per heavy atom. The number of phenols is 1. The molecule has 28 heavy (non-hydrogen) atoms. The van der Waals surface area contributed by atoms with E-state index in [2.05, 4.69) is 22.0 Å². The van der Waals surface area contributed by atoms with Crippen molar-refractivity contribution in [3.8, 4) is 5.75 Å². The van der Waals surface area contributed by atoms with Gasteiger partial charge in [0.05, 0.1) is 11.7 Å². The molecule has 2 N–H and O–H groups in total. The second kappa shape index (κ2) is 6.94. The minimum Gasteiger partial charge on any atom is -0.506 e. The lowest BCUT2D eigenvalue weighted by Gasteiger charge is -2.57. The molecule has 0 spiro atoms. The normalized spacial score (nSPS) is 35.8. The maximum Gasteiger partial charge on any atom is 0.237 e. The highest BCUT2D eigenvalue weighted by Crippen LogP contribution is 2.55. The first-order valence-electron chi connectivity index (χ1n) is 11.1. The zero-order valence-electron chi connectivity index (χ0n) is 16.9. The molecular weight excluding hydrogens is 350 g/mol. The van der Waals surface area contributed by atoms with Gasteiger partial charge in [0.2, 0.25) is 5.91 Å². The van der Waals surface area contributed by atoms with Gasteiger partial charge in [-0.1, -0.05) is 12.1 Å². The van der Waals surface area contributed by atoms with Crippen LogP contribution in [0.5, 0.6) is 5.75 Å². The van der Waals surface area contributed by atoms with E-state index in [0.717, 1.165) is 49.6 Å². The second-order valence-electron chi connectivity index (χ2n) is 9.87. The molecule has 1 amide bonds. The summed E-state index contributed by atoms with van der Waals surface area (Å²) in [6.45, 7) is 5.44. The second-order valence-corrected chi connectivity index (χ2v) is 9.87. The highest BCUT2D eigenvalue weighted by molar-refractivity contribution is 5.82. The van der Waals surface area contributed by atoms with Crippen LogP contribution in [-0.4, -0.2) is 53.7 Å². The predicted octanol–water partition coefficient (Wildman–Crippen LogP) is 2.99. The van der Waals surface area contributed by atoms with Gasteiger partial charge in [0.1, 0.15) is 5.75 Å². The minimum atomic E-state index is -0.0838. The van der Waals surface area contributed by atoms with E-state index in [-0.39, 0.29) is 17.5 Å². The lowest BCUT2D eigenvalue weighted by atomic mass is 9.53. The number of hydrogen-bond donors (Lipinski definition) is 2. The lowest BCUT2D eigenvalue weighted by Crippen LogP contribution is -2.63. The van der Waals surface area contributed by atoms with Crippen molar-refractivity contribution in [1.29, 1.82) is 0 Å². The number of nitrogens with one attached hydrogen (secondary N) is 1. The summed E-state index contributed by atoms with van der Waals surface area (Å²) in [6, 6.07) is 7.44. The molecule has 1 aromatic rings. The number of piperazine rings is 1. The molecule has 6 rings (SSSR count). The summed E-state index contributed by atoms with van der Waals surface area (Å²) in [6.07, 6.45) is 7.83. The van der Waals surface area contributed by atoms with Gasteiger partial charge < -0.3 is 15.3 Å². The first-order valence-corrected chi connectivity index (χ1v) is 11.1. The summed E-state index contributed by atoms with van der Waals surface area (Å²) in [5.41, 5.74) is 0.991. The van der Waals surface area contributed by atoms with Crippen LogP contribution in [0.25, 0.3) is 0 Å². The number of benzene rings is 1. The van der Waals surface area contributed by atoms with Crippen molar-refractivity contribution < 1.29 is 9.90 Å². The van der Waals surface area contributed by atoms with Gasteiger partial charge in [0.25, 0.3) is 0 Å². The molecule has 5 fully saturated rings. The molecule has 0 radical (unpaired) electrons. The number of carbonyl (C=O) groups is 1. The van der Waals surface area contributed by atoms with E-state index in [1.807, 2.05) is 18.2 Å². The summed E-state index contributed by atoms with van der Waals surface area (Å²) < 4.78 is 0. The average molecular weight is 384 g/mol. The molecule has 1 heterocycles.